The fourth-order valence-corrected chi connectivity index (χ4v) is 3.84. The lowest BCUT2D eigenvalue weighted by atomic mass is 10.1. The minimum absolute atomic E-state index is 0.0434. The van der Waals surface area contributed by atoms with Gasteiger partial charge in [0.25, 0.3) is 0 Å². The molecule has 0 spiro atoms. The number of nitrogens with one attached hydrogen (secondary N) is 1. The number of morpholine rings is 1. The van der Waals surface area contributed by atoms with Crippen molar-refractivity contribution in [1.82, 2.24) is 4.90 Å². The van der Waals surface area contributed by atoms with E-state index in [2.05, 4.69) is 39.4 Å². The van der Waals surface area contributed by atoms with E-state index < -0.39 is 0 Å². The molecule has 1 heterocycles. The molecule has 4 rings (SSSR count). The van der Waals surface area contributed by atoms with Crippen LogP contribution in [0.4, 0.5) is 11.4 Å². The van der Waals surface area contributed by atoms with Crippen LogP contribution in [0.5, 0.6) is 11.5 Å². The monoisotopic (exact) mass is 445 g/mol. The van der Waals surface area contributed by atoms with Crippen LogP contribution in [0, 0.1) is 0 Å². The third kappa shape index (κ3) is 6.12. The first-order chi connectivity index (χ1) is 16.1. The van der Waals surface area contributed by atoms with Crippen LogP contribution in [0.2, 0.25) is 0 Å². The van der Waals surface area contributed by atoms with Gasteiger partial charge in [0.05, 0.1) is 19.3 Å². The molecule has 1 amide bonds. The number of benzene rings is 3. The van der Waals surface area contributed by atoms with Crippen LogP contribution in [0.3, 0.4) is 0 Å². The van der Waals surface area contributed by atoms with Gasteiger partial charge >= 0.3 is 0 Å². The first-order valence-corrected chi connectivity index (χ1v) is 11.3. The molecule has 0 saturated carbocycles. The normalized spacial score (nSPS) is 14.7. The Labute approximate surface area is 195 Å². The number of hydrogen-bond acceptors (Lipinski definition) is 5. The Hall–Kier alpha value is -3.35. The van der Waals surface area contributed by atoms with Crippen LogP contribution in [-0.4, -0.2) is 50.2 Å². The second kappa shape index (κ2) is 11.0. The van der Waals surface area contributed by atoms with E-state index in [0.29, 0.717) is 6.54 Å². The number of nitrogens with zero attached hydrogens (tertiary/aromatic N) is 2. The zero-order valence-corrected chi connectivity index (χ0v) is 19.2. The second-order valence-electron chi connectivity index (χ2n) is 8.25. The smallest absolute Gasteiger partial charge is 0.241 e. The third-order valence-corrected chi connectivity index (χ3v) is 5.90. The van der Waals surface area contributed by atoms with E-state index >= 15 is 0 Å². The molecule has 0 aromatic heterocycles. The van der Waals surface area contributed by atoms with Crippen molar-refractivity contribution >= 4 is 17.3 Å². The van der Waals surface area contributed by atoms with Gasteiger partial charge in [0.1, 0.15) is 11.5 Å². The van der Waals surface area contributed by atoms with Crippen molar-refractivity contribution in [3.63, 3.8) is 0 Å². The zero-order chi connectivity index (χ0) is 23.0. The number of para-hydroxylation sites is 2. The maximum atomic E-state index is 12.9. The van der Waals surface area contributed by atoms with Crippen LogP contribution in [0.1, 0.15) is 12.5 Å². The summed E-state index contributed by atoms with van der Waals surface area (Å²) < 4.78 is 11.3. The van der Waals surface area contributed by atoms with Gasteiger partial charge in [-0.3, -0.25) is 9.69 Å². The van der Waals surface area contributed by atoms with E-state index in [1.165, 1.54) is 11.3 Å². The molecule has 6 heteroatoms. The number of carbonyl (C=O) groups excluding carboxylic acids is 1. The molecule has 3 aromatic carbocycles. The maximum Gasteiger partial charge on any atom is 0.241 e. The molecule has 1 N–H and O–H groups in total. The maximum absolute atomic E-state index is 12.9. The van der Waals surface area contributed by atoms with Crippen molar-refractivity contribution in [2.24, 2.45) is 0 Å². The lowest BCUT2D eigenvalue weighted by Crippen LogP contribution is -2.40. The quantitative estimate of drug-likeness (QED) is 0.541. The average molecular weight is 446 g/mol. The van der Waals surface area contributed by atoms with Gasteiger partial charge in [-0.2, -0.15) is 0 Å². The number of likely N-dealkylation sites (N-methyl/N-ethyl adjacent to an activating group) is 1. The molecule has 0 aliphatic carbocycles. The lowest BCUT2D eigenvalue weighted by molar-refractivity contribution is -0.120. The molecule has 0 radical (unpaired) electrons. The minimum atomic E-state index is -0.289. The molecular formula is C27H31N3O3. The van der Waals surface area contributed by atoms with Crippen LogP contribution in [-0.2, 0) is 16.1 Å². The number of rotatable bonds is 8. The predicted molar refractivity (Wildman–Crippen MR) is 132 cm³/mol. The van der Waals surface area contributed by atoms with Gasteiger partial charge in [-0.1, -0.05) is 36.4 Å². The number of anilines is 2. The van der Waals surface area contributed by atoms with Crippen LogP contribution in [0.15, 0.2) is 78.9 Å². The molecule has 33 heavy (non-hydrogen) atoms. The van der Waals surface area contributed by atoms with Gasteiger partial charge in [0, 0.05) is 31.0 Å². The Balaban J connectivity index is 1.34. The molecule has 1 aliphatic rings. The van der Waals surface area contributed by atoms with Crippen LogP contribution < -0.4 is 15.0 Å². The molecule has 1 aliphatic heterocycles. The summed E-state index contributed by atoms with van der Waals surface area (Å²) in [5.74, 6) is 1.46. The van der Waals surface area contributed by atoms with Gasteiger partial charge in [-0.15, -0.1) is 0 Å². The largest absolute Gasteiger partial charge is 0.457 e. The summed E-state index contributed by atoms with van der Waals surface area (Å²) in [4.78, 5) is 17.3. The van der Waals surface area contributed by atoms with E-state index in [0.717, 1.165) is 43.5 Å². The van der Waals surface area contributed by atoms with Gasteiger partial charge in [-0.25, -0.2) is 0 Å². The highest BCUT2D eigenvalue weighted by Crippen LogP contribution is 2.25. The number of ether oxygens (including phenoxy) is 2. The molecule has 172 valence electrons. The Morgan fingerprint density at radius 2 is 1.61 bits per heavy atom. The van der Waals surface area contributed by atoms with E-state index in [4.69, 9.17) is 9.47 Å². The topological polar surface area (TPSA) is 54.0 Å². The van der Waals surface area contributed by atoms with Crippen molar-refractivity contribution < 1.29 is 14.3 Å². The Morgan fingerprint density at radius 1 is 0.970 bits per heavy atom. The van der Waals surface area contributed by atoms with E-state index in [1.807, 2.05) is 68.6 Å². The van der Waals surface area contributed by atoms with E-state index in [1.54, 1.807) is 0 Å². The lowest BCUT2D eigenvalue weighted by Gasteiger charge is -2.32. The highest BCUT2D eigenvalue weighted by Gasteiger charge is 2.21. The Morgan fingerprint density at radius 3 is 2.33 bits per heavy atom. The van der Waals surface area contributed by atoms with Crippen molar-refractivity contribution in [3.05, 3.63) is 84.4 Å². The summed E-state index contributed by atoms with van der Waals surface area (Å²) >= 11 is 0. The number of hydrogen-bond donors (Lipinski definition) is 1. The van der Waals surface area contributed by atoms with Gasteiger partial charge in [0.2, 0.25) is 5.91 Å². The Bertz CT molecular complexity index is 1030. The first-order valence-electron chi connectivity index (χ1n) is 11.3. The third-order valence-electron chi connectivity index (χ3n) is 5.90. The molecule has 0 bridgehead atoms. The fraction of sp³-hybridized carbons (Fsp3) is 0.296. The molecule has 0 unspecified atom stereocenters. The van der Waals surface area contributed by atoms with Crippen molar-refractivity contribution in [2.75, 3.05) is 43.6 Å². The van der Waals surface area contributed by atoms with Crippen molar-refractivity contribution in [3.8, 4) is 11.5 Å². The summed E-state index contributed by atoms with van der Waals surface area (Å²) in [6.07, 6.45) is 0. The molecule has 3 aromatic rings. The second-order valence-corrected chi connectivity index (χ2v) is 8.25. The summed E-state index contributed by atoms with van der Waals surface area (Å²) in [6.45, 7) is 5.89. The molecule has 1 atom stereocenters. The fourth-order valence-electron chi connectivity index (χ4n) is 3.84. The highest BCUT2D eigenvalue weighted by molar-refractivity contribution is 5.94. The number of amides is 1. The minimum Gasteiger partial charge on any atom is -0.457 e. The van der Waals surface area contributed by atoms with Crippen molar-refractivity contribution in [2.45, 2.75) is 19.5 Å². The summed E-state index contributed by atoms with van der Waals surface area (Å²) in [6, 6.07) is 25.2. The number of carbonyl (C=O) groups is 1. The van der Waals surface area contributed by atoms with Crippen LogP contribution in [0.25, 0.3) is 0 Å². The molecular weight excluding hydrogens is 414 g/mol. The van der Waals surface area contributed by atoms with Gasteiger partial charge in [-0.05, 0) is 62.0 Å². The van der Waals surface area contributed by atoms with E-state index in [-0.39, 0.29) is 11.9 Å². The Kier molecular flexibility index (Phi) is 7.60. The first kappa shape index (κ1) is 22.8. The predicted octanol–water partition coefficient (Wildman–Crippen LogP) is 4.77. The zero-order valence-electron chi connectivity index (χ0n) is 19.2. The molecule has 1 saturated heterocycles. The molecule has 6 nitrogen and oxygen atoms in total. The molecule has 1 fully saturated rings. The van der Waals surface area contributed by atoms with Crippen LogP contribution >= 0.6 is 0 Å². The summed E-state index contributed by atoms with van der Waals surface area (Å²) in [5.41, 5.74) is 3.17. The summed E-state index contributed by atoms with van der Waals surface area (Å²) in [5, 5.41) is 3.01. The highest BCUT2D eigenvalue weighted by atomic mass is 16.5. The standard InChI is InChI=1S/C27H31N3O3/c1-21(29(2)20-22-8-6-7-11-26(22)30-16-18-32-19-17-30)27(31)28-23-12-14-25(15-13-23)33-24-9-4-3-5-10-24/h3-15,21H,16-20H2,1-2H3,(H,28,31)/t21-/m1/s1. The SMILES string of the molecule is C[C@H](C(=O)Nc1ccc(Oc2ccccc2)cc1)N(C)Cc1ccccc1N1CCOCC1. The van der Waals surface area contributed by atoms with E-state index in [9.17, 15) is 4.79 Å². The average Bonchev–Trinajstić information content (AvgIpc) is 2.86. The van der Waals surface area contributed by atoms with Gasteiger partial charge in [0.15, 0.2) is 0 Å². The van der Waals surface area contributed by atoms with Crippen molar-refractivity contribution in [1.29, 1.82) is 0 Å². The van der Waals surface area contributed by atoms with Gasteiger partial charge < -0.3 is 19.7 Å². The summed E-state index contributed by atoms with van der Waals surface area (Å²) in [7, 11) is 1.98.